The van der Waals surface area contributed by atoms with Crippen molar-refractivity contribution in [2.45, 2.75) is 50.2 Å². The fraction of sp³-hybridized carbons (Fsp3) is 0.316. The number of nitrogens with zero attached hydrogens (tertiary/aromatic N) is 1. The molecule has 10 heteroatoms. The van der Waals surface area contributed by atoms with E-state index in [1.54, 1.807) is 38.5 Å². The van der Waals surface area contributed by atoms with Gasteiger partial charge in [0, 0.05) is 33.8 Å². The van der Waals surface area contributed by atoms with Gasteiger partial charge in [0.15, 0.2) is 5.60 Å². The number of carbonyl (C=O) groups excluding carboxylic acids is 2. The molecule has 2 heterocycles. The predicted molar refractivity (Wildman–Crippen MR) is 194 cm³/mol. The number of fused-ring (bicyclic) bond motifs is 2. The van der Waals surface area contributed by atoms with Crippen LogP contribution < -0.4 is 24.9 Å². The van der Waals surface area contributed by atoms with Gasteiger partial charge in [-0.15, -0.1) is 0 Å². The Morgan fingerprint density at radius 2 is 1.58 bits per heavy atom. The van der Waals surface area contributed by atoms with Gasteiger partial charge in [-0.3, -0.25) is 9.59 Å². The van der Waals surface area contributed by atoms with Crippen molar-refractivity contribution >= 4 is 52.4 Å². The number of hydrogen-bond acceptors (Lipinski definition) is 6. The van der Waals surface area contributed by atoms with E-state index in [1.165, 1.54) is 5.19 Å². The van der Waals surface area contributed by atoms with Crippen LogP contribution in [0.5, 0.6) is 11.5 Å². The molecule has 0 bridgehead atoms. The van der Waals surface area contributed by atoms with Crippen LogP contribution in [0.1, 0.15) is 34.8 Å². The van der Waals surface area contributed by atoms with Crippen LogP contribution in [0.25, 0.3) is 0 Å². The van der Waals surface area contributed by atoms with E-state index in [0.717, 1.165) is 27.0 Å². The van der Waals surface area contributed by atoms with Crippen LogP contribution in [-0.2, 0) is 21.7 Å². The highest BCUT2D eigenvalue weighted by atomic mass is 79.9. The molecule has 2 amide bonds. The maximum atomic E-state index is 14.8. The molecule has 4 atom stereocenters. The molecule has 0 saturated carbocycles. The maximum Gasteiger partial charge on any atom is 0.264 e. The van der Waals surface area contributed by atoms with E-state index in [1.807, 2.05) is 59.5 Å². The Kier molecular flexibility index (Phi) is 9.54. The first-order valence-electron chi connectivity index (χ1n) is 16.1. The number of amides is 2. The highest BCUT2D eigenvalue weighted by Gasteiger charge is 2.66. The number of rotatable bonds is 10. The van der Waals surface area contributed by atoms with E-state index in [4.69, 9.17) is 14.2 Å². The van der Waals surface area contributed by atoms with Crippen molar-refractivity contribution in [1.29, 1.82) is 0 Å². The molecule has 2 aliphatic rings. The number of aliphatic hydroxyl groups is 1. The fourth-order valence-corrected chi connectivity index (χ4v) is 12.1. The quantitative estimate of drug-likeness (QED) is 0.173. The molecule has 6 rings (SSSR count). The van der Waals surface area contributed by atoms with Crippen LogP contribution in [-0.4, -0.2) is 51.9 Å². The zero-order chi connectivity index (χ0) is 34.2. The Hall–Kier alpha value is -3.96. The lowest BCUT2D eigenvalue weighted by molar-refractivity contribution is -0.146. The first-order chi connectivity index (χ1) is 23.0. The monoisotopic (exact) mass is 728 g/mol. The lowest BCUT2D eigenvalue weighted by Gasteiger charge is -2.37. The SMILES string of the molecule is COc1ccc(C(=O)Nc2ccc(CN3C(=O)[C@]4(O[C@H](CCO)[C@@H]([Si](C)(C)c5ccc(OC)cc5)[C@@H]4C)c4cc(Br)ccc43)cc2)cc1. The van der Waals surface area contributed by atoms with Gasteiger partial charge in [-0.05, 0) is 84.3 Å². The van der Waals surface area contributed by atoms with Crippen molar-refractivity contribution in [3.05, 3.63) is 112 Å². The fourth-order valence-electron chi connectivity index (χ4n) is 7.66. The van der Waals surface area contributed by atoms with Crippen LogP contribution in [0.3, 0.4) is 0 Å². The summed E-state index contributed by atoms with van der Waals surface area (Å²) in [6.07, 6.45) is 0.155. The number of ether oxygens (including phenoxy) is 3. The van der Waals surface area contributed by atoms with Crippen LogP contribution in [0.15, 0.2) is 95.5 Å². The minimum atomic E-state index is -2.26. The minimum Gasteiger partial charge on any atom is -0.497 e. The third-order valence-electron chi connectivity index (χ3n) is 10.1. The Balaban J connectivity index is 1.29. The lowest BCUT2D eigenvalue weighted by atomic mass is 9.82. The summed E-state index contributed by atoms with van der Waals surface area (Å²) in [5.41, 5.74) is 2.63. The molecule has 2 aliphatic heterocycles. The number of nitrogens with one attached hydrogen (secondary N) is 1. The summed E-state index contributed by atoms with van der Waals surface area (Å²) in [6, 6.07) is 28.7. The molecule has 2 N–H and O–H groups in total. The molecule has 250 valence electrons. The van der Waals surface area contributed by atoms with Crippen molar-refractivity contribution in [2.24, 2.45) is 5.92 Å². The van der Waals surface area contributed by atoms with Gasteiger partial charge >= 0.3 is 0 Å². The second-order valence-electron chi connectivity index (χ2n) is 13.1. The number of carbonyl (C=O) groups is 2. The zero-order valence-corrected chi connectivity index (χ0v) is 30.4. The van der Waals surface area contributed by atoms with Crippen LogP contribution in [0, 0.1) is 5.92 Å². The van der Waals surface area contributed by atoms with Crippen LogP contribution in [0.2, 0.25) is 18.6 Å². The molecule has 0 unspecified atom stereocenters. The van der Waals surface area contributed by atoms with Gasteiger partial charge in [-0.2, -0.15) is 0 Å². The second kappa shape index (κ2) is 13.5. The summed E-state index contributed by atoms with van der Waals surface area (Å²) in [5.74, 6) is 1.02. The summed E-state index contributed by atoms with van der Waals surface area (Å²) in [4.78, 5) is 29.5. The average Bonchev–Trinajstić information content (AvgIpc) is 3.51. The number of anilines is 2. The first kappa shape index (κ1) is 33.9. The Morgan fingerprint density at radius 1 is 0.958 bits per heavy atom. The Labute approximate surface area is 291 Å². The predicted octanol–water partition coefficient (Wildman–Crippen LogP) is 6.86. The van der Waals surface area contributed by atoms with Gasteiger partial charge < -0.3 is 29.5 Å². The summed E-state index contributed by atoms with van der Waals surface area (Å²) >= 11 is 3.65. The van der Waals surface area contributed by atoms with Gasteiger partial charge in [0.2, 0.25) is 0 Å². The molecule has 0 radical (unpaired) electrons. The van der Waals surface area contributed by atoms with Crippen molar-refractivity contribution in [1.82, 2.24) is 0 Å². The summed E-state index contributed by atoms with van der Waals surface area (Å²) < 4.78 is 18.5. The van der Waals surface area contributed by atoms with Gasteiger partial charge in [-0.1, -0.05) is 65.4 Å². The number of methoxy groups -OCH3 is 2. The Bertz CT molecular complexity index is 1800. The highest BCUT2D eigenvalue weighted by molar-refractivity contribution is 9.10. The third kappa shape index (κ3) is 5.95. The van der Waals surface area contributed by atoms with Crippen molar-refractivity contribution in [2.75, 3.05) is 31.0 Å². The van der Waals surface area contributed by atoms with Gasteiger partial charge in [0.25, 0.3) is 11.8 Å². The molecule has 1 saturated heterocycles. The Morgan fingerprint density at radius 3 is 2.19 bits per heavy atom. The van der Waals surface area contributed by atoms with Crippen molar-refractivity contribution in [3.63, 3.8) is 0 Å². The van der Waals surface area contributed by atoms with E-state index in [2.05, 4.69) is 53.4 Å². The van der Waals surface area contributed by atoms with E-state index in [9.17, 15) is 14.7 Å². The first-order valence-corrected chi connectivity index (χ1v) is 20.0. The molecule has 4 aromatic carbocycles. The lowest BCUT2D eigenvalue weighted by Crippen LogP contribution is -2.51. The van der Waals surface area contributed by atoms with Gasteiger partial charge in [0.1, 0.15) is 11.5 Å². The molecule has 1 fully saturated rings. The second-order valence-corrected chi connectivity index (χ2v) is 18.7. The van der Waals surface area contributed by atoms with E-state index in [0.29, 0.717) is 30.0 Å². The van der Waals surface area contributed by atoms with Crippen LogP contribution in [0.4, 0.5) is 11.4 Å². The summed E-state index contributed by atoms with van der Waals surface area (Å²) in [6.45, 7) is 7.12. The third-order valence-corrected chi connectivity index (χ3v) is 15.0. The van der Waals surface area contributed by atoms with Crippen molar-refractivity contribution in [3.8, 4) is 11.5 Å². The molecular formula is C38H41BrN2O6Si. The molecule has 1 spiro atoms. The van der Waals surface area contributed by atoms with E-state index in [-0.39, 0.29) is 36.0 Å². The van der Waals surface area contributed by atoms with E-state index >= 15 is 0 Å². The normalized spacial score (nSPS) is 21.8. The molecule has 48 heavy (non-hydrogen) atoms. The van der Waals surface area contributed by atoms with Crippen LogP contribution >= 0.6 is 15.9 Å². The molecule has 0 aromatic heterocycles. The number of benzene rings is 4. The number of hydrogen-bond donors (Lipinski definition) is 2. The molecule has 8 nitrogen and oxygen atoms in total. The molecule has 4 aromatic rings. The van der Waals surface area contributed by atoms with Gasteiger partial charge in [-0.25, -0.2) is 0 Å². The van der Waals surface area contributed by atoms with Gasteiger partial charge in [0.05, 0.1) is 40.6 Å². The number of halogens is 1. The average molecular weight is 730 g/mol. The smallest absolute Gasteiger partial charge is 0.264 e. The van der Waals surface area contributed by atoms with E-state index < -0.39 is 13.7 Å². The molecular weight excluding hydrogens is 688 g/mol. The minimum absolute atomic E-state index is 0.0261. The summed E-state index contributed by atoms with van der Waals surface area (Å²) in [7, 11) is 0.983. The topological polar surface area (TPSA) is 97.3 Å². The standard InChI is InChI=1S/C38H41BrN2O6Si/c1-24-35(48(4,5)31-17-15-30(46-3)16-18-31)34(20-21-42)47-38(24)32-22-27(39)10-19-33(32)41(37(38)44)23-25-6-11-28(12-7-25)40-36(43)26-8-13-29(45-2)14-9-26/h6-19,22,24,34-35,42H,20-21,23H2,1-5H3,(H,40,43)/t24-,34+,35-,38+/m0/s1. The largest absolute Gasteiger partial charge is 0.497 e. The maximum absolute atomic E-state index is 14.8. The van der Waals surface area contributed by atoms with Crippen molar-refractivity contribution < 1.29 is 28.9 Å². The number of aliphatic hydroxyl groups excluding tert-OH is 1. The zero-order valence-electron chi connectivity index (χ0n) is 27.8. The summed E-state index contributed by atoms with van der Waals surface area (Å²) in [5, 5.41) is 14.4. The molecule has 0 aliphatic carbocycles. The highest BCUT2D eigenvalue weighted by Crippen LogP contribution is 2.60.